The summed E-state index contributed by atoms with van der Waals surface area (Å²) in [4.78, 5) is 24.6. The summed E-state index contributed by atoms with van der Waals surface area (Å²) in [5.74, 6) is -0.0177. The van der Waals surface area contributed by atoms with Gasteiger partial charge in [0.05, 0.1) is 25.4 Å². The number of unbranched alkanes of at least 4 members (excludes halogenated alkanes) is 59. The number of ether oxygens (including phenoxy) is 1. The van der Waals surface area contributed by atoms with Crippen molar-refractivity contribution in [2.45, 2.75) is 456 Å². The monoisotopic (exact) mass is 1200 g/mol. The SMILES string of the molecule is CCCCC/C=C\CCCCCCCC(=O)OCCCCCCCCCCCCCC/C=C\CCCCCCCCCCCCCCCCCCC(=O)NC(CO)C(O)CCCCCCCCCCCCCCCCCCCCCCCCCC. The highest BCUT2D eigenvalue weighted by atomic mass is 16.5. The van der Waals surface area contributed by atoms with E-state index in [1.165, 1.54) is 366 Å². The topological polar surface area (TPSA) is 95.9 Å². The minimum atomic E-state index is -0.664. The Labute approximate surface area is 532 Å². The second-order valence-electron chi connectivity index (χ2n) is 27.0. The minimum absolute atomic E-state index is 0.00893. The number of allylic oxidation sites excluding steroid dienone is 4. The summed E-state index contributed by atoms with van der Waals surface area (Å²) in [6.45, 7) is 4.98. The van der Waals surface area contributed by atoms with Crippen molar-refractivity contribution in [3.05, 3.63) is 24.3 Å². The molecule has 2 unspecified atom stereocenters. The van der Waals surface area contributed by atoms with Gasteiger partial charge in [0.15, 0.2) is 0 Å². The zero-order valence-corrected chi connectivity index (χ0v) is 57.9. The molecule has 0 rings (SSSR count). The Hall–Kier alpha value is -1.66. The van der Waals surface area contributed by atoms with Crippen LogP contribution in [0.3, 0.4) is 0 Å². The van der Waals surface area contributed by atoms with Gasteiger partial charge in [-0.1, -0.05) is 378 Å². The van der Waals surface area contributed by atoms with Crippen LogP contribution in [-0.2, 0) is 14.3 Å². The molecule has 0 saturated carbocycles. The standard InChI is InChI=1S/C79H153NO5/c1-3-5-7-9-11-13-15-17-18-19-20-21-22-33-36-39-42-45-48-51-55-59-63-67-71-77(82)76(75-81)80-78(83)72-68-64-60-56-52-49-46-43-40-37-34-31-29-27-25-23-24-26-28-30-32-35-38-41-44-47-50-54-58-62-66-70-74-85-79(84)73-69-65-61-57-53-16-14-12-10-8-6-4-2/h12,14,26,28,76-77,81-82H,3-11,13,15-25,27,29-75H2,1-2H3,(H,80,83)/b14-12-,28-26-. The van der Waals surface area contributed by atoms with Crippen LogP contribution in [0.4, 0.5) is 0 Å². The van der Waals surface area contributed by atoms with Gasteiger partial charge in [-0.25, -0.2) is 0 Å². The lowest BCUT2D eigenvalue weighted by molar-refractivity contribution is -0.143. The van der Waals surface area contributed by atoms with Crippen LogP contribution in [0.15, 0.2) is 24.3 Å². The van der Waals surface area contributed by atoms with Crippen LogP contribution in [-0.4, -0.2) is 47.4 Å². The Morgan fingerprint density at radius 2 is 0.553 bits per heavy atom. The number of amides is 1. The summed E-state index contributed by atoms with van der Waals surface area (Å²) in [5.41, 5.74) is 0. The van der Waals surface area contributed by atoms with Crippen LogP contribution in [0.2, 0.25) is 0 Å². The van der Waals surface area contributed by atoms with Gasteiger partial charge < -0.3 is 20.3 Å². The minimum Gasteiger partial charge on any atom is -0.466 e. The van der Waals surface area contributed by atoms with Crippen molar-refractivity contribution < 1.29 is 24.5 Å². The van der Waals surface area contributed by atoms with E-state index in [2.05, 4.69) is 43.5 Å². The first-order valence-electron chi connectivity index (χ1n) is 39.1. The lowest BCUT2D eigenvalue weighted by Gasteiger charge is -2.22. The van der Waals surface area contributed by atoms with E-state index in [1.807, 2.05) is 0 Å². The Morgan fingerprint density at radius 1 is 0.318 bits per heavy atom. The van der Waals surface area contributed by atoms with Gasteiger partial charge in [0.2, 0.25) is 5.91 Å². The quantitative estimate of drug-likeness (QED) is 0.0320. The number of nitrogens with one attached hydrogen (secondary N) is 1. The summed E-state index contributed by atoms with van der Waals surface area (Å²) in [5, 5.41) is 23.5. The lowest BCUT2D eigenvalue weighted by Crippen LogP contribution is -2.45. The normalized spacial score (nSPS) is 12.6. The van der Waals surface area contributed by atoms with E-state index in [4.69, 9.17) is 4.74 Å². The molecule has 0 aromatic carbocycles. The molecule has 85 heavy (non-hydrogen) atoms. The van der Waals surface area contributed by atoms with Crippen LogP contribution in [0, 0.1) is 0 Å². The zero-order valence-electron chi connectivity index (χ0n) is 57.9. The molecule has 0 aliphatic carbocycles. The molecule has 3 N–H and O–H groups in total. The van der Waals surface area contributed by atoms with Crippen LogP contribution >= 0.6 is 0 Å². The lowest BCUT2D eigenvalue weighted by atomic mass is 10.0. The van der Waals surface area contributed by atoms with Gasteiger partial charge in [-0.15, -0.1) is 0 Å². The predicted octanol–water partition coefficient (Wildman–Crippen LogP) is 25.7. The fourth-order valence-electron chi connectivity index (χ4n) is 12.5. The highest BCUT2D eigenvalue weighted by molar-refractivity contribution is 5.76. The third kappa shape index (κ3) is 71.3. The van der Waals surface area contributed by atoms with E-state index >= 15 is 0 Å². The van der Waals surface area contributed by atoms with E-state index in [-0.39, 0.29) is 18.5 Å². The molecule has 0 aliphatic rings. The Morgan fingerprint density at radius 3 is 0.859 bits per heavy atom. The van der Waals surface area contributed by atoms with Gasteiger partial charge in [0.25, 0.3) is 0 Å². The molecular formula is C79H153NO5. The first-order chi connectivity index (χ1) is 42.0. The maximum absolute atomic E-state index is 12.6. The van der Waals surface area contributed by atoms with Gasteiger partial charge >= 0.3 is 5.97 Å². The van der Waals surface area contributed by atoms with Crippen molar-refractivity contribution >= 4 is 11.9 Å². The number of esters is 1. The van der Waals surface area contributed by atoms with Crippen molar-refractivity contribution in [1.29, 1.82) is 0 Å². The molecule has 0 aliphatic heterocycles. The fraction of sp³-hybridized carbons (Fsp3) is 0.924. The molecule has 0 spiro atoms. The number of rotatable bonds is 74. The third-order valence-electron chi connectivity index (χ3n) is 18.5. The number of aliphatic hydroxyl groups is 2. The van der Waals surface area contributed by atoms with Gasteiger partial charge in [-0.05, 0) is 77.0 Å². The number of hydrogen-bond donors (Lipinski definition) is 3. The Balaban J connectivity index is 3.36. The second-order valence-corrected chi connectivity index (χ2v) is 27.0. The van der Waals surface area contributed by atoms with E-state index in [1.54, 1.807) is 0 Å². The van der Waals surface area contributed by atoms with Crippen molar-refractivity contribution in [3.63, 3.8) is 0 Å². The number of carbonyl (C=O) groups excluding carboxylic acids is 2. The molecule has 0 bridgehead atoms. The third-order valence-corrected chi connectivity index (χ3v) is 18.5. The average Bonchev–Trinajstić information content (AvgIpc) is 3.51. The second kappa shape index (κ2) is 74.8. The summed E-state index contributed by atoms with van der Waals surface area (Å²) < 4.78 is 5.48. The number of hydrogen-bond acceptors (Lipinski definition) is 5. The van der Waals surface area contributed by atoms with Crippen LogP contribution in [0.5, 0.6) is 0 Å². The molecule has 6 nitrogen and oxygen atoms in total. The first kappa shape index (κ1) is 83.3. The van der Waals surface area contributed by atoms with Crippen molar-refractivity contribution in [2.24, 2.45) is 0 Å². The molecular weight excluding hydrogens is 1040 g/mol. The van der Waals surface area contributed by atoms with E-state index in [0.717, 1.165) is 44.9 Å². The molecule has 504 valence electrons. The summed E-state index contributed by atoms with van der Waals surface area (Å²) in [6, 6.07) is -0.541. The molecule has 0 aromatic heterocycles. The number of aliphatic hydroxyl groups excluding tert-OH is 2. The van der Waals surface area contributed by atoms with E-state index < -0.39 is 12.1 Å². The molecule has 2 atom stereocenters. The average molecular weight is 1200 g/mol. The van der Waals surface area contributed by atoms with Crippen LogP contribution in [0.25, 0.3) is 0 Å². The van der Waals surface area contributed by atoms with E-state index in [0.29, 0.717) is 25.9 Å². The molecule has 6 heteroatoms. The largest absolute Gasteiger partial charge is 0.466 e. The highest BCUT2D eigenvalue weighted by Crippen LogP contribution is 2.20. The van der Waals surface area contributed by atoms with Crippen molar-refractivity contribution in [3.8, 4) is 0 Å². The molecule has 0 heterocycles. The molecule has 0 radical (unpaired) electrons. The Kier molecular flexibility index (Phi) is 73.3. The molecule has 0 aromatic rings. The maximum Gasteiger partial charge on any atom is 0.305 e. The molecule has 0 saturated heterocycles. The summed E-state index contributed by atoms with van der Waals surface area (Å²) in [7, 11) is 0. The van der Waals surface area contributed by atoms with Crippen molar-refractivity contribution in [2.75, 3.05) is 13.2 Å². The molecule has 0 fully saturated rings. The van der Waals surface area contributed by atoms with Gasteiger partial charge in [-0.2, -0.15) is 0 Å². The highest BCUT2D eigenvalue weighted by Gasteiger charge is 2.20. The molecule has 1 amide bonds. The van der Waals surface area contributed by atoms with Gasteiger partial charge in [-0.3, -0.25) is 9.59 Å². The number of carbonyl (C=O) groups is 2. The van der Waals surface area contributed by atoms with Gasteiger partial charge in [0.1, 0.15) is 0 Å². The Bertz CT molecular complexity index is 1330. The zero-order chi connectivity index (χ0) is 61.3. The van der Waals surface area contributed by atoms with Crippen LogP contribution < -0.4 is 5.32 Å². The fourth-order valence-corrected chi connectivity index (χ4v) is 12.5. The smallest absolute Gasteiger partial charge is 0.305 e. The predicted molar refractivity (Wildman–Crippen MR) is 375 cm³/mol. The van der Waals surface area contributed by atoms with Crippen LogP contribution in [0.1, 0.15) is 444 Å². The summed E-state index contributed by atoms with van der Waals surface area (Å²) in [6.07, 6.45) is 95.5. The summed E-state index contributed by atoms with van der Waals surface area (Å²) >= 11 is 0. The van der Waals surface area contributed by atoms with E-state index in [9.17, 15) is 19.8 Å². The van der Waals surface area contributed by atoms with Gasteiger partial charge in [0, 0.05) is 12.8 Å². The van der Waals surface area contributed by atoms with Crippen molar-refractivity contribution in [1.82, 2.24) is 5.32 Å². The maximum atomic E-state index is 12.6. The first-order valence-corrected chi connectivity index (χ1v) is 39.1.